The van der Waals surface area contributed by atoms with E-state index in [0.29, 0.717) is 11.6 Å². The number of nitrogens with one attached hydrogen (secondary N) is 2. The van der Waals surface area contributed by atoms with Gasteiger partial charge in [-0.05, 0) is 26.3 Å². The molecule has 1 unspecified atom stereocenters. The van der Waals surface area contributed by atoms with Gasteiger partial charge in [-0.3, -0.25) is 0 Å². The molecule has 0 fully saturated rings. The number of H-pyrrole nitrogens is 1. The van der Waals surface area contributed by atoms with Crippen LogP contribution in [-0.2, 0) is 0 Å². The van der Waals surface area contributed by atoms with Crippen molar-refractivity contribution in [1.82, 2.24) is 15.2 Å². The Balaban J connectivity index is 1.87. The predicted octanol–water partition coefficient (Wildman–Crippen LogP) is 5.28. The molecule has 2 N–H and O–H groups in total. The van der Waals surface area contributed by atoms with Crippen LogP contribution in [0.2, 0.25) is 0 Å². The number of benzene rings is 1. The van der Waals surface area contributed by atoms with E-state index in [9.17, 15) is 5.26 Å². The summed E-state index contributed by atoms with van der Waals surface area (Å²) in [5.41, 5.74) is 2.61. The minimum Gasteiger partial charge on any atom is -0.361 e. The second kappa shape index (κ2) is 7.72. The number of hydrogen-bond donors (Lipinski definition) is 2. The van der Waals surface area contributed by atoms with E-state index in [-0.39, 0.29) is 0 Å². The van der Waals surface area contributed by atoms with Crippen LogP contribution >= 0.6 is 23.1 Å². The van der Waals surface area contributed by atoms with Gasteiger partial charge >= 0.3 is 0 Å². The number of anilines is 1. The van der Waals surface area contributed by atoms with Crippen molar-refractivity contribution in [2.45, 2.75) is 37.6 Å². The third kappa shape index (κ3) is 3.86. The number of rotatable bonds is 6. The van der Waals surface area contributed by atoms with Gasteiger partial charge in [0.1, 0.15) is 6.07 Å². The lowest BCUT2D eigenvalue weighted by atomic mass is 10.1. The number of aromatic nitrogens is 3. The zero-order valence-corrected chi connectivity index (χ0v) is 16.0. The molecule has 25 heavy (non-hydrogen) atoms. The number of aromatic amines is 1. The first-order valence-electron chi connectivity index (χ1n) is 8.07. The molecule has 0 radical (unpaired) electrons. The highest BCUT2D eigenvalue weighted by Gasteiger charge is 2.14. The summed E-state index contributed by atoms with van der Waals surface area (Å²) in [5.74, 6) is 0. The largest absolute Gasteiger partial charge is 0.361 e. The Labute approximate surface area is 155 Å². The molecule has 2 aromatic heterocycles. The Kier molecular flexibility index (Phi) is 5.41. The third-order valence-corrected chi connectivity index (χ3v) is 5.87. The van der Waals surface area contributed by atoms with Crippen molar-refractivity contribution in [3.63, 3.8) is 0 Å². The summed E-state index contributed by atoms with van der Waals surface area (Å²) in [4.78, 5) is 4.14. The number of thioether (sulfide) groups is 1. The molecule has 1 atom stereocenters. The molecule has 3 aromatic rings. The van der Waals surface area contributed by atoms with E-state index in [1.807, 2.05) is 37.4 Å². The van der Waals surface area contributed by atoms with Gasteiger partial charge in [0, 0.05) is 33.6 Å². The first-order valence-corrected chi connectivity index (χ1v) is 9.71. The van der Waals surface area contributed by atoms with Crippen LogP contribution in [0, 0.1) is 11.3 Å². The second-order valence-electron chi connectivity index (χ2n) is 5.72. The number of nitriles is 1. The van der Waals surface area contributed by atoms with Gasteiger partial charge in [-0.2, -0.15) is 5.26 Å². The number of para-hydroxylation sites is 1. The number of nitrogens with zero attached hydrogens (tertiary/aromatic N) is 3. The topological polar surface area (TPSA) is 77.4 Å². The molecule has 0 saturated carbocycles. The molecule has 0 aliphatic rings. The summed E-state index contributed by atoms with van der Waals surface area (Å²) < 4.78 is 0.830. The Morgan fingerprint density at radius 3 is 2.96 bits per heavy atom. The van der Waals surface area contributed by atoms with Crippen molar-refractivity contribution in [2.75, 3.05) is 5.32 Å². The first kappa shape index (κ1) is 17.5. The maximum Gasteiger partial charge on any atom is 0.206 e. The molecular weight excluding hydrogens is 350 g/mol. The maximum absolute atomic E-state index is 9.68. The maximum atomic E-state index is 9.68. The fourth-order valence-corrected chi connectivity index (χ4v) is 4.38. The van der Waals surface area contributed by atoms with Crippen molar-refractivity contribution in [3.05, 3.63) is 40.9 Å². The van der Waals surface area contributed by atoms with Crippen LogP contribution in [0.3, 0.4) is 0 Å². The number of hydrogen-bond acceptors (Lipinski definition) is 6. The predicted molar refractivity (Wildman–Crippen MR) is 106 cm³/mol. The average molecular weight is 370 g/mol. The lowest BCUT2D eigenvalue weighted by Gasteiger charge is -2.07. The van der Waals surface area contributed by atoms with Crippen LogP contribution in [-0.4, -0.2) is 21.2 Å². The Bertz CT molecular complexity index is 948. The van der Waals surface area contributed by atoms with Crippen LogP contribution in [0.1, 0.15) is 32.8 Å². The van der Waals surface area contributed by atoms with E-state index in [1.165, 1.54) is 23.1 Å². The second-order valence-corrected chi connectivity index (χ2v) is 8.16. The SMILES string of the molecule is CCC(C)Nc1nnc(S/C(C)=C(\C#N)c2c[nH]c3ccccc23)s1. The van der Waals surface area contributed by atoms with E-state index in [4.69, 9.17) is 0 Å². The van der Waals surface area contributed by atoms with Gasteiger partial charge in [0.25, 0.3) is 0 Å². The van der Waals surface area contributed by atoms with Crippen LogP contribution < -0.4 is 5.32 Å². The van der Waals surface area contributed by atoms with E-state index in [1.54, 1.807) is 0 Å². The lowest BCUT2D eigenvalue weighted by molar-refractivity contribution is 0.759. The van der Waals surface area contributed by atoms with Gasteiger partial charge in [0.15, 0.2) is 4.34 Å². The fraction of sp³-hybridized carbons (Fsp3) is 0.278. The van der Waals surface area contributed by atoms with Crippen LogP contribution in [0.15, 0.2) is 39.7 Å². The Morgan fingerprint density at radius 2 is 2.20 bits per heavy atom. The highest BCUT2D eigenvalue weighted by atomic mass is 32.2. The lowest BCUT2D eigenvalue weighted by Crippen LogP contribution is -2.12. The van der Waals surface area contributed by atoms with Crippen molar-refractivity contribution >= 4 is 44.7 Å². The molecule has 3 rings (SSSR count). The number of allylic oxidation sites excluding steroid dienone is 2. The first-order chi connectivity index (χ1) is 12.1. The molecule has 128 valence electrons. The highest BCUT2D eigenvalue weighted by molar-refractivity contribution is 8.04. The summed E-state index contributed by atoms with van der Waals surface area (Å²) >= 11 is 3.00. The van der Waals surface area contributed by atoms with Crippen molar-refractivity contribution in [1.29, 1.82) is 5.26 Å². The molecule has 0 aliphatic carbocycles. The van der Waals surface area contributed by atoms with E-state index < -0.39 is 0 Å². The van der Waals surface area contributed by atoms with E-state index in [0.717, 1.165) is 37.3 Å². The monoisotopic (exact) mass is 369 g/mol. The summed E-state index contributed by atoms with van der Waals surface area (Å²) in [7, 11) is 0. The summed E-state index contributed by atoms with van der Waals surface area (Å²) in [6, 6.07) is 10.7. The van der Waals surface area contributed by atoms with Crippen molar-refractivity contribution < 1.29 is 0 Å². The standard InChI is InChI=1S/C18H19N5S2/c1-4-11(2)21-17-22-23-18(25-17)24-12(3)14(9-19)15-10-20-16-8-6-5-7-13(15)16/h5-8,10-11,20H,4H2,1-3H3,(H,21,22)/b14-12+. The summed E-state index contributed by atoms with van der Waals surface area (Å²) in [5, 5.41) is 23.3. The van der Waals surface area contributed by atoms with Crippen LogP contribution in [0.4, 0.5) is 5.13 Å². The van der Waals surface area contributed by atoms with Crippen molar-refractivity contribution in [2.24, 2.45) is 0 Å². The van der Waals surface area contributed by atoms with Gasteiger partial charge < -0.3 is 10.3 Å². The molecular formula is C18H19N5S2. The summed E-state index contributed by atoms with van der Waals surface area (Å²) in [6.07, 6.45) is 2.92. The average Bonchev–Trinajstić information content (AvgIpc) is 3.23. The van der Waals surface area contributed by atoms with Gasteiger partial charge in [-0.1, -0.05) is 48.2 Å². The molecule has 0 saturated heterocycles. The zero-order chi connectivity index (χ0) is 17.8. The molecule has 0 bridgehead atoms. The van der Waals surface area contributed by atoms with E-state index >= 15 is 0 Å². The van der Waals surface area contributed by atoms with Gasteiger partial charge in [-0.15, -0.1) is 10.2 Å². The minimum atomic E-state index is 0.364. The van der Waals surface area contributed by atoms with Crippen LogP contribution in [0.25, 0.3) is 16.5 Å². The molecule has 7 heteroatoms. The molecule has 0 aliphatic heterocycles. The van der Waals surface area contributed by atoms with Crippen LogP contribution in [0.5, 0.6) is 0 Å². The highest BCUT2D eigenvalue weighted by Crippen LogP contribution is 2.37. The molecule has 0 amide bonds. The Morgan fingerprint density at radius 1 is 1.40 bits per heavy atom. The van der Waals surface area contributed by atoms with Gasteiger partial charge in [0.2, 0.25) is 5.13 Å². The Hall–Kier alpha value is -2.30. The zero-order valence-electron chi connectivity index (χ0n) is 14.3. The van der Waals surface area contributed by atoms with E-state index in [2.05, 4.69) is 40.4 Å². The quantitative estimate of drug-likeness (QED) is 0.457. The smallest absolute Gasteiger partial charge is 0.206 e. The molecule has 1 aromatic carbocycles. The van der Waals surface area contributed by atoms with Crippen molar-refractivity contribution in [3.8, 4) is 6.07 Å². The summed E-state index contributed by atoms with van der Waals surface area (Å²) in [6.45, 7) is 6.19. The fourth-order valence-electron chi connectivity index (χ4n) is 2.41. The molecule has 2 heterocycles. The minimum absolute atomic E-state index is 0.364. The third-order valence-electron chi connectivity index (χ3n) is 3.95. The van der Waals surface area contributed by atoms with Gasteiger partial charge in [0.05, 0.1) is 5.57 Å². The molecule has 5 nitrogen and oxygen atoms in total. The van der Waals surface area contributed by atoms with Gasteiger partial charge in [-0.25, -0.2) is 0 Å². The molecule has 0 spiro atoms. The normalized spacial score (nSPS) is 13.4. The number of fused-ring (bicyclic) bond motifs is 1.